The van der Waals surface area contributed by atoms with Crippen molar-refractivity contribution in [1.29, 1.82) is 0 Å². The number of aryl methyl sites for hydroxylation is 1. The molecular formula is C29H28N4O4S. The van der Waals surface area contributed by atoms with Crippen molar-refractivity contribution in [2.75, 3.05) is 25.9 Å². The molecule has 2 aromatic carbocycles. The normalized spacial score (nSPS) is 18.0. The number of ether oxygens (including phenoxy) is 4. The Balaban J connectivity index is 1.53. The summed E-state index contributed by atoms with van der Waals surface area (Å²) in [5.74, 6) is 2.92. The van der Waals surface area contributed by atoms with Gasteiger partial charge in [0.05, 0.1) is 37.7 Å². The van der Waals surface area contributed by atoms with E-state index in [0.717, 1.165) is 51.3 Å². The van der Waals surface area contributed by atoms with Crippen LogP contribution in [0.2, 0.25) is 0 Å². The standard InChI is InChI=1S/C29H28N4O4S/c1-17-13-21(18(2)32(17)19-8-10-25-26(14-19)37-16-36-25)28-27(22-7-5-6-12-30-22)31-29(38)33(28)23-15-20(34-3)9-11-24(23)35-4/h5-15,27-28H,16H2,1-4H3,(H,31,38)/t27-,28+/m1/s1. The Kier molecular flexibility index (Phi) is 6.07. The minimum atomic E-state index is -0.202. The van der Waals surface area contributed by atoms with E-state index < -0.39 is 0 Å². The quantitative estimate of drug-likeness (QED) is 0.333. The molecule has 2 aliphatic rings. The predicted molar refractivity (Wildman–Crippen MR) is 149 cm³/mol. The zero-order chi connectivity index (χ0) is 26.4. The summed E-state index contributed by atoms with van der Waals surface area (Å²) in [6.07, 6.45) is 1.81. The highest BCUT2D eigenvalue weighted by molar-refractivity contribution is 7.80. The highest BCUT2D eigenvalue weighted by atomic mass is 32.1. The Morgan fingerprint density at radius 2 is 1.82 bits per heavy atom. The number of hydrogen-bond donors (Lipinski definition) is 1. The maximum absolute atomic E-state index is 5.95. The second-order valence-corrected chi connectivity index (χ2v) is 9.62. The van der Waals surface area contributed by atoms with E-state index in [1.807, 2.05) is 60.8 Å². The molecule has 4 heterocycles. The van der Waals surface area contributed by atoms with Gasteiger partial charge in [-0.3, -0.25) is 4.98 Å². The third kappa shape index (κ3) is 3.90. The number of rotatable bonds is 6. The van der Waals surface area contributed by atoms with Gasteiger partial charge in [0.2, 0.25) is 6.79 Å². The molecule has 38 heavy (non-hydrogen) atoms. The van der Waals surface area contributed by atoms with E-state index in [2.05, 4.69) is 39.7 Å². The van der Waals surface area contributed by atoms with Crippen LogP contribution in [0.15, 0.2) is 66.9 Å². The van der Waals surface area contributed by atoms with Crippen LogP contribution < -0.4 is 29.2 Å². The molecule has 0 spiro atoms. The number of methoxy groups -OCH3 is 2. The second kappa shape index (κ2) is 9.57. The summed E-state index contributed by atoms with van der Waals surface area (Å²) >= 11 is 5.95. The number of anilines is 1. The van der Waals surface area contributed by atoms with Crippen LogP contribution in [-0.4, -0.2) is 35.7 Å². The lowest BCUT2D eigenvalue weighted by Gasteiger charge is -2.29. The molecule has 8 nitrogen and oxygen atoms in total. The van der Waals surface area contributed by atoms with E-state index in [1.165, 1.54) is 0 Å². The smallest absolute Gasteiger partial charge is 0.231 e. The lowest BCUT2D eigenvalue weighted by Crippen LogP contribution is -2.30. The Labute approximate surface area is 226 Å². The average Bonchev–Trinajstić information content (AvgIpc) is 3.63. The first-order valence-electron chi connectivity index (χ1n) is 12.3. The Hall–Kier alpha value is -4.24. The van der Waals surface area contributed by atoms with Gasteiger partial charge in [-0.05, 0) is 74.1 Å². The number of hydrogen-bond acceptors (Lipinski definition) is 6. The van der Waals surface area contributed by atoms with Crippen LogP contribution in [0.5, 0.6) is 23.0 Å². The van der Waals surface area contributed by atoms with E-state index in [0.29, 0.717) is 10.9 Å². The monoisotopic (exact) mass is 528 g/mol. The largest absolute Gasteiger partial charge is 0.497 e. The van der Waals surface area contributed by atoms with E-state index in [1.54, 1.807) is 14.2 Å². The lowest BCUT2D eigenvalue weighted by atomic mass is 9.96. The molecule has 2 atom stereocenters. The Morgan fingerprint density at radius 3 is 2.58 bits per heavy atom. The van der Waals surface area contributed by atoms with Crippen molar-refractivity contribution in [2.45, 2.75) is 25.9 Å². The maximum atomic E-state index is 5.95. The minimum absolute atomic E-state index is 0.190. The van der Waals surface area contributed by atoms with Crippen molar-refractivity contribution in [3.63, 3.8) is 0 Å². The zero-order valence-electron chi connectivity index (χ0n) is 21.6. The van der Waals surface area contributed by atoms with Crippen LogP contribution >= 0.6 is 12.2 Å². The third-order valence-corrected chi connectivity index (χ3v) is 7.46. The minimum Gasteiger partial charge on any atom is -0.497 e. The molecular weight excluding hydrogens is 500 g/mol. The number of aromatic nitrogens is 2. The van der Waals surface area contributed by atoms with E-state index in [9.17, 15) is 0 Å². The summed E-state index contributed by atoms with van der Waals surface area (Å²) < 4.78 is 24.7. The van der Waals surface area contributed by atoms with Gasteiger partial charge < -0.3 is 33.7 Å². The van der Waals surface area contributed by atoms with Gasteiger partial charge in [0.15, 0.2) is 16.6 Å². The average molecular weight is 529 g/mol. The highest BCUT2D eigenvalue weighted by Gasteiger charge is 2.43. The Bertz CT molecular complexity index is 1520. The molecule has 4 aromatic rings. The second-order valence-electron chi connectivity index (χ2n) is 9.23. The molecule has 0 amide bonds. The molecule has 1 N–H and O–H groups in total. The van der Waals surface area contributed by atoms with Gasteiger partial charge in [-0.15, -0.1) is 0 Å². The number of pyridine rings is 1. The summed E-state index contributed by atoms with van der Waals surface area (Å²) in [6, 6.07) is 19.5. The van der Waals surface area contributed by atoms with Gasteiger partial charge in [0, 0.05) is 35.4 Å². The number of fused-ring (bicyclic) bond motifs is 1. The van der Waals surface area contributed by atoms with Crippen molar-refractivity contribution in [1.82, 2.24) is 14.9 Å². The third-order valence-electron chi connectivity index (χ3n) is 7.15. The molecule has 0 radical (unpaired) electrons. The zero-order valence-corrected chi connectivity index (χ0v) is 22.4. The Morgan fingerprint density at radius 1 is 0.974 bits per heavy atom. The molecule has 2 aliphatic heterocycles. The van der Waals surface area contributed by atoms with Crippen LogP contribution in [0.3, 0.4) is 0 Å². The van der Waals surface area contributed by atoms with Gasteiger partial charge >= 0.3 is 0 Å². The molecule has 1 fully saturated rings. The van der Waals surface area contributed by atoms with Crippen LogP contribution in [0.25, 0.3) is 5.69 Å². The van der Waals surface area contributed by atoms with Crippen molar-refractivity contribution in [3.8, 4) is 28.7 Å². The fraction of sp³-hybridized carbons (Fsp3) is 0.241. The summed E-state index contributed by atoms with van der Waals surface area (Å²) in [6.45, 7) is 4.47. The summed E-state index contributed by atoms with van der Waals surface area (Å²) in [5.41, 5.74) is 6.02. The molecule has 0 bridgehead atoms. The first kappa shape index (κ1) is 24.1. The topological polar surface area (TPSA) is 70.0 Å². The molecule has 2 aromatic heterocycles. The lowest BCUT2D eigenvalue weighted by molar-refractivity contribution is 0.174. The predicted octanol–water partition coefficient (Wildman–Crippen LogP) is 5.41. The molecule has 6 rings (SSSR count). The molecule has 0 unspecified atom stereocenters. The highest BCUT2D eigenvalue weighted by Crippen LogP contribution is 2.47. The van der Waals surface area contributed by atoms with Crippen LogP contribution in [0.4, 0.5) is 5.69 Å². The van der Waals surface area contributed by atoms with Crippen LogP contribution in [-0.2, 0) is 0 Å². The molecule has 9 heteroatoms. The van der Waals surface area contributed by atoms with E-state index in [-0.39, 0.29) is 18.9 Å². The van der Waals surface area contributed by atoms with Crippen LogP contribution in [0, 0.1) is 13.8 Å². The van der Waals surface area contributed by atoms with Gasteiger partial charge in [-0.25, -0.2) is 0 Å². The summed E-state index contributed by atoms with van der Waals surface area (Å²) in [4.78, 5) is 6.80. The van der Waals surface area contributed by atoms with Crippen molar-refractivity contribution in [3.05, 3.63) is 89.5 Å². The number of nitrogens with one attached hydrogen (secondary N) is 1. The van der Waals surface area contributed by atoms with Gasteiger partial charge in [-0.2, -0.15) is 0 Å². The molecule has 0 aliphatic carbocycles. The number of benzene rings is 2. The molecule has 194 valence electrons. The van der Waals surface area contributed by atoms with Gasteiger partial charge in [0.1, 0.15) is 11.5 Å². The molecule has 1 saturated heterocycles. The van der Waals surface area contributed by atoms with Crippen molar-refractivity contribution < 1.29 is 18.9 Å². The fourth-order valence-corrected chi connectivity index (χ4v) is 5.76. The number of thiocarbonyl (C=S) groups is 1. The molecule has 0 saturated carbocycles. The van der Waals surface area contributed by atoms with Crippen molar-refractivity contribution in [2.24, 2.45) is 0 Å². The SMILES string of the molecule is COc1ccc(OC)c(N2C(=S)N[C@H](c3ccccn3)[C@@H]2c2cc(C)n(-c3ccc4c(c3)OCO4)c2C)c1. The van der Waals surface area contributed by atoms with Crippen molar-refractivity contribution >= 4 is 23.0 Å². The fourth-order valence-electron chi connectivity index (χ4n) is 5.42. The van der Waals surface area contributed by atoms with Crippen LogP contribution in [0.1, 0.15) is 34.7 Å². The van der Waals surface area contributed by atoms with E-state index >= 15 is 0 Å². The van der Waals surface area contributed by atoms with E-state index in [4.69, 9.17) is 31.2 Å². The maximum Gasteiger partial charge on any atom is 0.231 e. The number of nitrogens with zero attached hydrogens (tertiary/aromatic N) is 3. The first-order valence-corrected chi connectivity index (χ1v) is 12.7. The first-order chi connectivity index (χ1) is 18.5. The van der Waals surface area contributed by atoms with Gasteiger partial charge in [0.25, 0.3) is 0 Å². The summed E-state index contributed by atoms with van der Waals surface area (Å²) in [5, 5.41) is 4.13. The summed E-state index contributed by atoms with van der Waals surface area (Å²) in [7, 11) is 3.31. The van der Waals surface area contributed by atoms with Gasteiger partial charge in [-0.1, -0.05) is 6.07 Å².